The molecule has 0 saturated heterocycles. The molecule has 0 saturated carbocycles. The van der Waals surface area contributed by atoms with Crippen LogP contribution in [-0.4, -0.2) is 5.78 Å². The van der Waals surface area contributed by atoms with Gasteiger partial charge in [0.05, 0.1) is 0 Å². The fourth-order valence-electron chi connectivity index (χ4n) is 2.51. The Morgan fingerprint density at radius 2 is 1.90 bits per heavy atom. The Hall–Kier alpha value is -1.51. The van der Waals surface area contributed by atoms with Gasteiger partial charge in [0.15, 0.2) is 5.78 Å². The summed E-state index contributed by atoms with van der Waals surface area (Å²) >= 11 is 12.0. The van der Waals surface area contributed by atoms with E-state index in [1.54, 1.807) is 12.1 Å². The summed E-state index contributed by atoms with van der Waals surface area (Å²) in [5.74, 6) is 0.984. The lowest BCUT2D eigenvalue weighted by Gasteiger charge is -2.16. The maximum absolute atomic E-state index is 11.8. The summed E-state index contributed by atoms with van der Waals surface area (Å²) in [6, 6.07) is 11.0. The van der Waals surface area contributed by atoms with E-state index in [2.05, 4.69) is 0 Å². The highest BCUT2D eigenvalue weighted by atomic mass is 35.5. The van der Waals surface area contributed by atoms with Crippen molar-refractivity contribution in [1.29, 1.82) is 0 Å². The van der Waals surface area contributed by atoms with Crippen LogP contribution >= 0.6 is 23.2 Å². The summed E-state index contributed by atoms with van der Waals surface area (Å²) in [5, 5.41) is 1.20. The van der Waals surface area contributed by atoms with Gasteiger partial charge in [-0.15, -0.1) is 0 Å². The standard InChI is InChI=1S/C17H14Cl2O2/c18-13-5-4-12(16(19)9-13)10-21-14-6-7-15-11(8-14)2-1-3-17(15)20/h4-9H,1-3,10H2. The highest BCUT2D eigenvalue weighted by molar-refractivity contribution is 6.35. The second-order valence-corrected chi connectivity index (χ2v) is 5.96. The van der Waals surface area contributed by atoms with Gasteiger partial charge in [0.25, 0.3) is 0 Å². The highest BCUT2D eigenvalue weighted by Crippen LogP contribution is 2.27. The first-order valence-electron chi connectivity index (χ1n) is 6.86. The molecule has 0 heterocycles. The summed E-state index contributed by atoms with van der Waals surface area (Å²) in [7, 11) is 0. The first-order chi connectivity index (χ1) is 10.1. The Morgan fingerprint density at radius 3 is 2.71 bits per heavy atom. The largest absolute Gasteiger partial charge is 0.489 e. The summed E-state index contributed by atoms with van der Waals surface area (Å²) in [5.41, 5.74) is 2.79. The van der Waals surface area contributed by atoms with E-state index in [4.69, 9.17) is 27.9 Å². The molecule has 2 aromatic carbocycles. The fraction of sp³-hybridized carbons (Fsp3) is 0.235. The lowest BCUT2D eigenvalue weighted by atomic mass is 9.90. The summed E-state index contributed by atoms with van der Waals surface area (Å²) in [6.45, 7) is 0.378. The van der Waals surface area contributed by atoms with Crippen LogP contribution in [0.1, 0.15) is 34.3 Å². The van der Waals surface area contributed by atoms with Gasteiger partial charge in [0.2, 0.25) is 0 Å². The number of carbonyl (C=O) groups excluding carboxylic acids is 1. The number of benzene rings is 2. The number of halogens is 2. The van der Waals surface area contributed by atoms with Crippen LogP contribution in [0.15, 0.2) is 36.4 Å². The maximum atomic E-state index is 11.8. The predicted octanol–water partition coefficient (Wildman–Crippen LogP) is 5.09. The molecule has 0 unspecified atom stereocenters. The second-order valence-electron chi connectivity index (χ2n) is 5.12. The molecular formula is C17H14Cl2O2. The summed E-state index contributed by atoms with van der Waals surface area (Å²) in [6.07, 6.45) is 2.49. The quantitative estimate of drug-likeness (QED) is 0.787. The third-order valence-electron chi connectivity index (χ3n) is 3.64. The van der Waals surface area contributed by atoms with Crippen LogP contribution in [-0.2, 0) is 13.0 Å². The molecule has 1 aliphatic carbocycles. The number of rotatable bonds is 3. The van der Waals surface area contributed by atoms with Gasteiger partial charge in [-0.1, -0.05) is 29.3 Å². The van der Waals surface area contributed by atoms with E-state index in [0.717, 1.165) is 35.3 Å². The molecule has 0 atom stereocenters. The van der Waals surface area contributed by atoms with Crippen molar-refractivity contribution < 1.29 is 9.53 Å². The Kier molecular flexibility index (Phi) is 4.18. The van der Waals surface area contributed by atoms with Crippen molar-refractivity contribution in [2.24, 2.45) is 0 Å². The van der Waals surface area contributed by atoms with E-state index in [1.165, 1.54) is 0 Å². The van der Waals surface area contributed by atoms with Gasteiger partial charge in [-0.2, -0.15) is 0 Å². The Balaban J connectivity index is 1.75. The minimum Gasteiger partial charge on any atom is -0.489 e. The summed E-state index contributed by atoms with van der Waals surface area (Å²) in [4.78, 5) is 11.8. The van der Waals surface area contributed by atoms with Crippen molar-refractivity contribution >= 4 is 29.0 Å². The first kappa shape index (κ1) is 14.4. The van der Waals surface area contributed by atoms with Gasteiger partial charge >= 0.3 is 0 Å². The zero-order chi connectivity index (χ0) is 14.8. The van der Waals surface area contributed by atoms with Crippen molar-refractivity contribution in [3.8, 4) is 5.75 Å². The van der Waals surface area contributed by atoms with Crippen LogP contribution in [0.25, 0.3) is 0 Å². The third-order valence-corrected chi connectivity index (χ3v) is 4.22. The van der Waals surface area contributed by atoms with E-state index in [0.29, 0.717) is 23.1 Å². The molecule has 1 aliphatic rings. The van der Waals surface area contributed by atoms with Gasteiger partial charge in [0.1, 0.15) is 12.4 Å². The number of fused-ring (bicyclic) bond motifs is 1. The van der Waals surface area contributed by atoms with Crippen molar-refractivity contribution in [3.63, 3.8) is 0 Å². The number of hydrogen-bond acceptors (Lipinski definition) is 2. The van der Waals surface area contributed by atoms with Crippen molar-refractivity contribution in [2.75, 3.05) is 0 Å². The summed E-state index contributed by atoms with van der Waals surface area (Å²) < 4.78 is 5.78. The van der Waals surface area contributed by atoms with Crippen LogP contribution in [0.2, 0.25) is 10.0 Å². The van der Waals surface area contributed by atoms with E-state index >= 15 is 0 Å². The molecule has 4 heteroatoms. The monoisotopic (exact) mass is 320 g/mol. The zero-order valence-corrected chi connectivity index (χ0v) is 12.9. The molecule has 0 aromatic heterocycles. The minimum atomic E-state index is 0.226. The van der Waals surface area contributed by atoms with Crippen LogP contribution in [0.3, 0.4) is 0 Å². The van der Waals surface area contributed by atoms with Crippen LogP contribution in [0.4, 0.5) is 0 Å². The Bertz CT molecular complexity index is 695. The van der Waals surface area contributed by atoms with E-state index in [1.807, 2.05) is 24.3 Å². The predicted molar refractivity (Wildman–Crippen MR) is 84.5 cm³/mol. The van der Waals surface area contributed by atoms with Crippen molar-refractivity contribution in [2.45, 2.75) is 25.9 Å². The maximum Gasteiger partial charge on any atom is 0.163 e. The van der Waals surface area contributed by atoms with Gasteiger partial charge in [-0.25, -0.2) is 0 Å². The molecule has 108 valence electrons. The molecule has 0 bridgehead atoms. The molecule has 2 nitrogen and oxygen atoms in total. The number of ketones is 1. The smallest absolute Gasteiger partial charge is 0.163 e. The van der Waals surface area contributed by atoms with Crippen molar-refractivity contribution in [3.05, 3.63) is 63.1 Å². The molecule has 0 fully saturated rings. The van der Waals surface area contributed by atoms with E-state index in [9.17, 15) is 4.79 Å². The van der Waals surface area contributed by atoms with E-state index in [-0.39, 0.29) is 5.78 Å². The number of aryl methyl sites for hydroxylation is 1. The average molecular weight is 321 g/mol. The molecule has 0 amide bonds. The minimum absolute atomic E-state index is 0.226. The SMILES string of the molecule is O=C1CCCc2cc(OCc3ccc(Cl)cc3Cl)ccc21. The molecule has 0 radical (unpaired) electrons. The molecular weight excluding hydrogens is 307 g/mol. The molecule has 0 spiro atoms. The Morgan fingerprint density at radius 1 is 1.05 bits per heavy atom. The average Bonchev–Trinajstić information content (AvgIpc) is 2.46. The Labute approximate surface area is 133 Å². The lowest BCUT2D eigenvalue weighted by Crippen LogP contribution is -2.10. The van der Waals surface area contributed by atoms with Crippen LogP contribution in [0, 0.1) is 0 Å². The lowest BCUT2D eigenvalue weighted by molar-refractivity contribution is 0.0972. The van der Waals surface area contributed by atoms with Gasteiger partial charge in [0, 0.05) is 27.6 Å². The van der Waals surface area contributed by atoms with Gasteiger partial charge in [-0.05, 0) is 48.7 Å². The normalized spacial score (nSPS) is 13.9. The molecule has 0 N–H and O–H groups in total. The molecule has 3 rings (SSSR count). The van der Waals surface area contributed by atoms with Gasteiger partial charge < -0.3 is 4.74 Å². The van der Waals surface area contributed by atoms with E-state index < -0.39 is 0 Å². The van der Waals surface area contributed by atoms with Crippen LogP contribution < -0.4 is 4.74 Å². The van der Waals surface area contributed by atoms with Gasteiger partial charge in [-0.3, -0.25) is 4.79 Å². The second kappa shape index (κ2) is 6.08. The number of ether oxygens (including phenoxy) is 1. The van der Waals surface area contributed by atoms with Crippen LogP contribution in [0.5, 0.6) is 5.75 Å². The third kappa shape index (κ3) is 3.22. The van der Waals surface area contributed by atoms with Crippen molar-refractivity contribution in [1.82, 2.24) is 0 Å². The molecule has 0 aliphatic heterocycles. The zero-order valence-electron chi connectivity index (χ0n) is 11.4. The first-order valence-corrected chi connectivity index (χ1v) is 7.62. The molecule has 21 heavy (non-hydrogen) atoms. The number of hydrogen-bond donors (Lipinski definition) is 0. The highest BCUT2D eigenvalue weighted by Gasteiger charge is 2.17. The topological polar surface area (TPSA) is 26.3 Å². The number of Topliss-reactive ketones (excluding diaryl/α,β-unsaturated/α-hetero) is 1. The molecule has 2 aromatic rings. The fourth-order valence-corrected chi connectivity index (χ4v) is 2.98. The number of carbonyl (C=O) groups is 1.